The number of hydrogen-bond acceptors (Lipinski definition) is 3. The molecule has 2 fully saturated rings. The summed E-state index contributed by atoms with van der Waals surface area (Å²) in [5.74, 6) is 0.979. The third-order valence-corrected chi connectivity index (χ3v) is 7.45. The summed E-state index contributed by atoms with van der Waals surface area (Å²) in [5.41, 5.74) is 3.47. The van der Waals surface area contributed by atoms with Gasteiger partial charge in [-0.1, -0.05) is 43.6 Å². The van der Waals surface area contributed by atoms with Crippen LogP contribution in [0, 0.1) is 23.2 Å². The first-order valence-corrected chi connectivity index (χ1v) is 10.9. The van der Waals surface area contributed by atoms with Crippen molar-refractivity contribution in [2.24, 2.45) is 23.2 Å². The van der Waals surface area contributed by atoms with E-state index in [1.54, 1.807) is 11.1 Å². The summed E-state index contributed by atoms with van der Waals surface area (Å²) in [7, 11) is 0. The first-order chi connectivity index (χ1) is 12.6. The predicted molar refractivity (Wildman–Crippen MR) is 105 cm³/mol. The van der Waals surface area contributed by atoms with Crippen molar-refractivity contribution in [1.29, 1.82) is 0 Å². The summed E-state index contributed by atoms with van der Waals surface area (Å²) in [4.78, 5) is 12.5. The molecule has 144 valence electrons. The van der Waals surface area contributed by atoms with Gasteiger partial charge in [-0.15, -0.1) is 0 Å². The predicted octanol–water partition coefficient (Wildman–Crippen LogP) is 4.78. The molecule has 0 amide bonds. The van der Waals surface area contributed by atoms with Crippen LogP contribution in [0.4, 0.5) is 0 Å². The van der Waals surface area contributed by atoms with Gasteiger partial charge in [0.25, 0.3) is 0 Å². The zero-order valence-corrected chi connectivity index (χ0v) is 16.6. The van der Waals surface area contributed by atoms with Crippen molar-refractivity contribution in [1.82, 2.24) is 5.32 Å². The van der Waals surface area contributed by atoms with Gasteiger partial charge in [-0.25, -0.2) is 0 Å². The Morgan fingerprint density at radius 2 is 2.19 bits per heavy atom. The Balaban J connectivity index is 1.38. The molecule has 3 aliphatic carbocycles. The maximum absolute atomic E-state index is 12.5. The third-order valence-electron chi connectivity index (χ3n) is 7.45. The van der Waals surface area contributed by atoms with Crippen molar-refractivity contribution in [2.45, 2.75) is 77.7 Å². The lowest BCUT2D eigenvalue weighted by Gasteiger charge is -2.46. The average molecular weight is 358 g/mol. The number of allylic oxidation sites excluding steroid dienone is 2. The number of ether oxygens (including phenoxy) is 1. The fraction of sp³-hybridized carbons (Fsp3) is 0.783. The van der Waals surface area contributed by atoms with Gasteiger partial charge in [0.1, 0.15) is 6.10 Å². The molecule has 1 N–H and O–H groups in total. The van der Waals surface area contributed by atoms with Crippen LogP contribution in [0.2, 0.25) is 0 Å². The summed E-state index contributed by atoms with van der Waals surface area (Å²) < 4.78 is 5.84. The number of fused-ring (bicyclic) bond motifs is 2. The minimum atomic E-state index is 0.00603. The Morgan fingerprint density at radius 1 is 1.31 bits per heavy atom. The normalized spacial score (nSPS) is 39.5. The van der Waals surface area contributed by atoms with Gasteiger partial charge in [0.15, 0.2) is 0 Å². The topological polar surface area (TPSA) is 38.3 Å². The SMILES string of the molecule is C[C@H]1CCC[C@]2(C)C[C@H]3OC(=O)C(CNCCC4=CCCCC4)[C@H]3C=C12. The highest BCUT2D eigenvalue weighted by molar-refractivity contribution is 5.76. The minimum Gasteiger partial charge on any atom is -0.461 e. The van der Waals surface area contributed by atoms with Crippen LogP contribution in [-0.4, -0.2) is 25.2 Å². The third kappa shape index (κ3) is 3.52. The van der Waals surface area contributed by atoms with E-state index in [1.807, 2.05) is 0 Å². The van der Waals surface area contributed by atoms with Gasteiger partial charge < -0.3 is 10.1 Å². The molecule has 4 aliphatic rings. The lowest BCUT2D eigenvalue weighted by molar-refractivity contribution is -0.145. The molecule has 1 unspecified atom stereocenters. The fourth-order valence-corrected chi connectivity index (χ4v) is 5.92. The molecule has 3 heteroatoms. The highest BCUT2D eigenvalue weighted by atomic mass is 16.6. The lowest BCUT2D eigenvalue weighted by atomic mass is 9.59. The lowest BCUT2D eigenvalue weighted by Crippen LogP contribution is -2.40. The van der Waals surface area contributed by atoms with Crippen LogP contribution in [-0.2, 0) is 9.53 Å². The van der Waals surface area contributed by atoms with Gasteiger partial charge in [0.05, 0.1) is 5.92 Å². The van der Waals surface area contributed by atoms with Crippen molar-refractivity contribution in [2.75, 3.05) is 13.1 Å². The van der Waals surface area contributed by atoms with E-state index in [2.05, 4.69) is 31.3 Å². The van der Waals surface area contributed by atoms with E-state index < -0.39 is 0 Å². The van der Waals surface area contributed by atoms with Gasteiger partial charge in [-0.3, -0.25) is 4.79 Å². The summed E-state index contributed by atoms with van der Waals surface area (Å²) >= 11 is 0. The molecule has 1 heterocycles. The maximum Gasteiger partial charge on any atom is 0.311 e. The van der Waals surface area contributed by atoms with Gasteiger partial charge in [-0.2, -0.15) is 0 Å². The molecule has 0 bridgehead atoms. The van der Waals surface area contributed by atoms with Crippen molar-refractivity contribution in [3.05, 3.63) is 23.3 Å². The number of hydrogen-bond donors (Lipinski definition) is 1. The molecular formula is C23H35NO2. The second-order valence-electron chi connectivity index (χ2n) is 9.40. The van der Waals surface area contributed by atoms with E-state index >= 15 is 0 Å². The zero-order valence-electron chi connectivity index (χ0n) is 16.6. The van der Waals surface area contributed by atoms with E-state index in [-0.39, 0.29) is 29.3 Å². The summed E-state index contributed by atoms with van der Waals surface area (Å²) in [6.07, 6.45) is 16.2. The van der Waals surface area contributed by atoms with Crippen LogP contribution in [0.3, 0.4) is 0 Å². The van der Waals surface area contributed by atoms with Crippen LogP contribution in [0.1, 0.15) is 71.6 Å². The van der Waals surface area contributed by atoms with Gasteiger partial charge >= 0.3 is 5.97 Å². The van der Waals surface area contributed by atoms with Gasteiger partial charge in [-0.05, 0) is 69.2 Å². The van der Waals surface area contributed by atoms with Gasteiger partial charge in [0, 0.05) is 12.5 Å². The number of nitrogens with one attached hydrogen (secondary N) is 1. The van der Waals surface area contributed by atoms with Crippen LogP contribution >= 0.6 is 0 Å². The quantitative estimate of drug-likeness (QED) is 0.437. The number of carbonyl (C=O) groups is 1. The fourth-order valence-electron chi connectivity index (χ4n) is 5.92. The monoisotopic (exact) mass is 357 g/mol. The molecule has 4 rings (SSSR count). The van der Waals surface area contributed by atoms with E-state index in [1.165, 1.54) is 44.9 Å². The largest absolute Gasteiger partial charge is 0.461 e. The summed E-state index contributed by atoms with van der Waals surface area (Å²) in [5, 5.41) is 3.56. The van der Waals surface area contributed by atoms with Crippen LogP contribution in [0.15, 0.2) is 23.3 Å². The molecular weight excluding hydrogens is 322 g/mol. The summed E-state index contributed by atoms with van der Waals surface area (Å²) in [6.45, 7) is 6.51. The zero-order chi connectivity index (χ0) is 18.1. The molecule has 1 saturated carbocycles. The highest BCUT2D eigenvalue weighted by Crippen LogP contribution is 2.53. The molecule has 0 aromatic heterocycles. The van der Waals surface area contributed by atoms with Gasteiger partial charge in [0.2, 0.25) is 0 Å². The molecule has 0 aromatic carbocycles. The minimum absolute atomic E-state index is 0.00603. The summed E-state index contributed by atoms with van der Waals surface area (Å²) in [6, 6.07) is 0. The number of carbonyl (C=O) groups excluding carboxylic acids is 1. The smallest absolute Gasteiger partial charge is 0.311 e. The van der Waals surface area contributed by atoms with Crippen LogP contribution in [0.5, 0.6) is 0 Å². The average Bonchev–Trinajstić information content (AvgIpc) is 2.92. The second-order valence-corrected chi connectivity index (χ2v) is 9.40. The van der Waals surface area contributed by atoms with Crippen LogP contribution in [0.25, 0.3) is 0 Å². The molecule has 26 heavy (non-hydrogen) atoms. The van der Waals surface area contributed by atoms with Crippen molar-refractivity contribution in [3.63, 3.8) is 0 Å². The Morgan fingerprint density at radius 3 is 3.00 bits per heavy atom. The Bertz CT molecular complexity index is 607. The van der Waals surface area contributed by atoms with E-state index in [4.69, 9.17) is 4.74 Å². The molecule has 0 radical (unpaired) electrons. The first-order valence-electron chi connectivity index (χ1n) is 10.9. The standard InChI is InChI=1S/C23H35NO2/c1-16-7-6-11-23(2)14-21-18(13-20(16)23)19(22(25)26-21)15-24-12-10-17-8-4-3-5-9-17/h8,13,16,18-19,21,24H,3-7,9-12,14-15H2,1-2H3/t16-,18+,19?,21+,23+/m0/s1. The Labute approximate surface area is 158 Å². The van der Waals surface area contributed by atoms with Crippen molar-refractivity contribution in [3.8, 4) is 0 Å². The van der Waals surface area contributed by atoms with Crippen molar-refractivity contribution < 1.29 is 9.53 Å². The maximum atomic E-state index is 12.5. The molecule has 1 saturated heterocycles. The van der Waals surface area contributed by atoms with E-state index in [0.29, 0.717) is 5.92 Å². The molecule has 0 aromatic rings. The molecule has 3 nitrogen and oxygen atoms in total. The molecule has 5 atom stereocenters. The number of esters is 1. The molecule has 1 aliphatic heterocycles. The van der Waals surface area contributed by atoms with E-state index in [0.717, 1.165) is 25.9 Å². The Kier molecular flexibility index (Phi) is 5.27. The van der Waals surface area contributed by atoms with Crippen LogP contribution < -0.4 is 5.32 Å². The van der Waals surface area contributed by atoms with Crippen molar-refractivity contribution >= 4 is 5.97 Å². The number of rotatable bonds is 5. The first kappa shape index (κ1) is 18.3. The van der Waals surface area contributed by atoms with E-state index in [9.17, 15) is 4.79 Å². The highest BCUT2D eigenvalue weighted by Gasteiger charge is 2.51. The Hall–Kier alpha value is -1.09. The second kappa shape index (κ2) is 7.50. The molecule has 0 spiro atoms.